The number of hydrogen-bond acceptors (Lipinski definition) is 4. The van der Waals surface area contributed by atoms with Gasteiger partial charge in [-0.15, -0.1) is 11.3 Å². The molecule has 4 heteroatoms. The molecule has 5 rings (SSSR count). The SMILES string of the molecule is c1ccc(-c2nc(CN3CCCN(c4ccccc4-c4ccccc4)CC3)cs2)cc1. The lowest BCUT2D eigenvalue weighted by Crippen LogP contribution is -2.30. The normalized spacial score (nSPS) is 15.0. The molecule has 0 aliphatic carbocycles. The zero-order valence-electron chi connectivity index (χ0n) is 17.7. The Balaban J connectivity index is 1.27. The Bertz CT molecular complexity index is 1110. The highest BCUT2D eigenvalue weighted by Crippen LogP contribution is 2.31. The van der Waals surface area contributed by atoms with Crippen LogP contribution in [0.5, 0.6) is 0 Å². The van der Waals surface area contributed by atoms with Gasteiger partial charge in [-0.1, -0.05) is 78.9 Å². The van der Waals surface area contributed by atoms with Gasteiger partial charge < -0.3 is 4.90 Å². The molecule has 4 aromatic rings. The lowest BCUT2D eigenvalue weighted by Gasteiger charge is -2.26. The van der Waals surface area contributed by atoms with Gasteiger partial charge in [0.15, 0.2) is 0 Å². The number of hydrogen-bond donors (Lipinski definition) is 0. The molecular weight excluding hydrogens is 398 g/mol. The lowest BCUT2D eigenvalue weighted by atomic mass is 10.0. The van der Waals surface area contributed by atoms with Crippen LogP contribution < -0.4 is 4.90 Å². The molecule has 0 spiro atoms. The zero-order valence-corrected chi connectivity index (χ0v) is 18.5. The van der Waals surface area contributed by atoms with Gasteiger partial charge in [-0.3, -0.25) is 4.90 Å². The minimum atomic E-state index is 0.928. The van der Waals surface area contributed by atoms with E-state index in [4.69, 9.17) is 4.98 Å². The number of benzene rings is 3. The van der Waals surface area contributed by atoms with Crippen molar-refractivity contribution in [2.75, 3.05) is 31.1 Å². The summed E-state index contributed by atoms with van der Waals surface area (Å²) in [6, 6.07) is 30.0. The van der Waals surface area contributed by atoms with E-state index in [1.165, 1.54) is 34.5 Å². The van der Waals surface area contributed by atoms with Crippen molar-refractivity contribution >= 4 is 17.0 Å². The second kappa shape index (κ2) is 9.46. The molecule has 31 heavy (non-hydrogen) atoms. The molecule has 0 amide bonds. The van der Waals surface area contributed by atoms with Crippen LogP contribution in [0.15, 0.2) is 90.3 Å². The number of nitrogens with zero attached hydrogens (tertiary/aromatic N) is 3. The van der Waals surface area contributed by atoms with Crippen molar-refractivity contribution in [3.8, 4) is 21.7 Å². The number of aromatic nitrogens is 1. The Morgan fingerprint density at radius 2 is 1.42 bits per heavy atom. The maximum atomic E-state index is 4.90. The van der Waals surface area contributed by atoms with Gasteiger partial charge in [-0.05, 0) is 18.1 Å². The molecule has 3 aromatic carbocycles. The molecule has 0 unspecified atom stereocenters. The van der Waals surface area contributed by atoms with Crippen LogP contribution in [0.3, 0.4) is 0 Å². The third kappa shape index (κ3) is 4.71. The number of anilines is 1. The molecule has 0 atom stereocenters. The highest BCUT2D eigenvalue weighted by atomic mass is 32.1. The monoisotopic (exact) mass is 425 g/mol. The van der Waals surface area contributed by atoms with Crippen LogP contribution in [0.4, 0.5) is 5.69 Å². The third-order valence-corrected chi connectivity index (χ3v) is 6.82. The number of para-hydroxylation sites is 1. The van der Waals surface area contributed by atoms with Crippen LogP contribution in [0.1, 0.15) is 12.1 Å². The summed E-state index contributed by atoms with van der Waals surface area (Å²) in [5.41, 5.74) is 6.34. The fourth-order valence-corrected chi connectivity index (χ4v) is 5.12. The van der Waals surface area contributed by atoms with E-state index in [-0.39, 0.29) is 0 Å². The molecule has 156 valence electrons. The fraction of sp³-hybridized carbons (Fsp3) is 0.222. The zero-order chi connectivity index (χ0) is 20.9. The van der Waals surface area contributed by atoms with Gasteiger partial charge in [-0.25, -0.2) is 4.98 Å². The second-order valence-electron chi connectivity index (χ2n) is 8.01. The molecule has 3 nitrogen and oxygen atoms in total. The van der Waals surface area contributed by atoms with Crippen LogP contribution in [-0.2, 0) is 6.54 Å². The van der Waals surface area contributed by atoms with Crippen LogP contribution in [0.25, 0.3) is 21.7 Å². The van der Waals surface area contributed by atoms with Crippen LogP contribution in [0.2, 0.25) is 0 Å². The standard InChI is InChI=1S/C27H27N3S/c1-3-10-22(11-4-1)25-14-7-8-15-26(25)30-17-9-16-29(18-19-30)20-24-21-31-27(28-24)23-12-5-2-6-13-23/h1-8,10-15,21H,9,16-20H2. The molecule has 0 bridgehead atoms. The first-order valence-electron chi connectivity index (χ1n) is 11.0. The van der Waals surface area contributed by atoms with Crippen LogP contribution in [-0.4, -0.2) is 36.1 Å². The average molecular weight is 426 g/mol. The minimum Gasteiger partial charge on any atom is -0.370 e. The Hall–Kier alpha value is -2.95. The van der Waals surface area contributed by atoms with E-state index in [0.717, 1.165) is 37.7 Å². The minimum absolute atomic E-state index is 0.928. The van der Waals surface area contributed by atoms with Crippen molar-refractivity contribution < 1.29 is 0 Å². The molecule has 0 saturated carbocycles. The lowest BCUT2D eigenvalue weighted by molar-refractivity contribution is 0.282. The summed E-state index contributed by atoms with van der Waals surface area (Å²) < 4.78 is 0. The maximum absolute atomic E-state index is 4.90. The fourth-order valence-electron chi connectivity index (χ4n) is 4.30. The van der Waals surface area contributed by atoms with Gasteiger partial charge in [0.25, 0.3) is 0 Å². The predicted molar refractivity (Wildman–Crippen MR) is 132 cm³/mol. The largest absolute Gasteiger partial charge is 0.370 e. The molecule has 2 heterocycles. The summed E-state index contributed by atoms with van der Waals surface area (Å²) in [7, 11) is 0. The Kier molecular flexibility index (Phi) is 6.10. The summed E-state index contributed by atoms with van der Waals surface area (Å²) in [5.74, 6) is 0. The van der Waals surface area contributed by atoms with E-state index >= 15 is 0 Å². The van der Waals surface area contributed by atoms with E-state index in [0.29, 0.717) is 0 Å². The quantitative estimate of drug-likeness (QED) is 0.380. The van der Waals surface area contributed by atoms with Crippen molar-refractivity contribution in [3.05, 3.63) is 96.0 Å². The number of thiazole rings is 1. The first-order chi connectivity index (χ1) is 15.4. The van der Waals surface area contributed by atoms with Gasteiger partial charge >= 0.3 is 0 Å². The summed E-state index contributed by atoms with van der Waals surface area (Å²) in [5, 5.41) is 3.33. The highest BCUT2D eigenvalue weighted by molar-refractivity contribution is 7.13. The number of rotatable bonds is 5. The van der Waals surface area contributed by atoms with Gasteiger partial charge in [0.05, 0.1) is 5.69 Å². The molecule has 0 N–H and O–H groups in total. The molecule has 0 radical (unpaired) electrons. The maximum Gasteiger partial charge on any atom is 0.123 e. The third-order valence-electron chi connectivity index (χ3n) is 5.88. The van der Waals surface area contributed by atoms with E-state index in [9.17, 15) is 0 Å². The average Bonchev–Trinajstić information content (AvgIpc) is 3.18. The van der Waals surface area contributed by atoms with Gasteiger partial charge in [-0.2, -0.15) is 0 Å². The van der Waals surface area contributed by atoms with Gasteiger partial charge in [0.1, 0.15) is 5.01 Å². The van der Waals surface area contributed by atoms with Crippen molar-refractivity contribution in [3.63, 3.8) is 0 Å². The summed E-state index contributed by atoms with van der Waals surface area (Å²) >= 11 is 1.75. The predicted octanol–water partition coefficient (Wildman–Crippen LogP) is 6.19. The smallest absolute Gasteiger partial charge is 0.123 e. The van der Waals surface area contributed by atoms with Crippen molar-refractivity contribution in [2.45, 2.75) is 13.0 Å². The van der Waals surface area contributed by atoms with Crippen molar-refractivity contribution in [2.24, 2.45) is 0 Å². The van der Waals surface area contributed by atoms with Crippen molar-refractivity contribution in [1.82, 2.24) is 9.88 Å². The van der Waals surface area contributed by atoms with Crippen molar-refractivity contribution in [1.29, 1.82) is 0 Å². The topological polar surface area (TPSA) is 19.4 Å². The Morgan fingerprint density at radius 3 is 2.23 bits per heavy atom. The van der Waals surface area contributed by atoms with Gasteiger partial charge in [0.2, 0.25) is 0 Å². The van der Waals surface area contributed by atoms with Gasteiger partial charge in [0, 0.05) is 54.9 Å². The first kappa shape index (κ1) is 20.0. The highest BCUT2D eigenvalue weighted by Gasteiger charge is 2.18. The molecular formula is C27H27N3S. The molecule has 1 saturated heterocycles. The molecule has 1 aliphatic heterocycles. The summed E-state index contributed by atoms with van der Waals surface area (Å²) in [4.78, 5) is 10.0. The van der Waals surface area contributed by atoms with E-state index in [2.05, 4.69) is 100 Å². The Morgan fingerprint density at radius 1 is 0.710 bits per heavy atom. The second-order valence-corrected chi connectivity index (χ2v) is 8.87. The molecule has 1 aromatic heterocycles. The summed E-state index contributed by atoms with van der Waals surface area (Å²) in [6.45, 7) is 5.23. The Labute approximate surface area is 188 Å². The van der Waals surface area contributed by atoms with E-state index in [1.54, 1.807) is 11.3 Å². The van der Waals surface area contributed by atoms with Crippen LogP contribution >= 0.6 is 11.3 Å². The van der Waals surface area contributed by atoms with E-state index in [1.807, 2.05) is 0 Å². The molecule has 1 aliphatic rings. The summed E-state index contributed by atoms with van der Waals surface area (Å²) in [6.07, 6.45) is 1.17. The first-order valence-corrected chi connectivity index (χ1v) is 11.9. The molecule has 1 fully saturated rings. The van der Waals surface area contributed by atoms with Crippen LogP contribution in [0, 0.1) is 0 Å². The van der Waals surface area contributed by atoms with E-state index < -0.39 is 0 Å².